The van der Waals surface area contributed by atoms with Crippen molar-refractivity contribution in [3.63, 3.8) is 0 Å². The molecule has 1 aromatic rings. The molecule has 0 radical (unpaired) electrons. The molecule has 2 N–H and O–H groups in total. The van der Waals surface area contributed by atoms with E-state index in [4.69, 9.17) is 4.99 Å². The van der Waals surface area contributed by atoms with Crippen LogP contribution in [0.3, 0.4) is 0 Å². The molecule has 27 heavy (non-hydrogen) atoms. The maximum Gasteiger partial charge on any atom is 0.251 e. The first-order valence-corrected chi connectivity index (χ1v) is 10.6. The first-order chi connectivity index (χ1) is 12.5. The molecule has 1 unspecified atom stereocenters. The third kappa shape index (κ3) is 7.52. The van der Waals surface area contributed by atoms with Crippen molar-refractivity contribution in [2.75, 3.05) is 31.9 Å². The van der Waals surface area contributed by atoms with Crippen LogP contribution in [-0.4, -0.2) is 53.9 Å². The summed E-state index contributed by atoms with van der Waals surface area (Å²) in [6.45, 7) is 12.7. The van der Waals surface area contributed by atoms with Crippen molar-refractivity contribution < 1.29 is 4.79 Å². The summed E-state index contributed by atoms with van der Waals surface area (Å²) in [6.07, 6.45) is 0. The highest BCUT2D eigenvalue weighted by molar-refractivity contribution is 14.0. The molecule has 1 aliphatic rings. The highest BCUT2D eigenvalue weighted by Crippen LogP contribution is 2.25. The Morgan fingerprint density at radius 2 is 2.04 bits per heavy atom. The van der Waals surface area contributed by atoms with Gasteiger partial charge in [-0.25, -0.2) is 4.99 Å². The molecular formula is C20H33IN4OS. The Balaban J connectivity index is 0.00000364. The number of aliphatic imine (C=N–C) groups is 1. The molecule has 1 fully saturated rings. The second-order valence-corrected chi connectivity index (χ2v) is 8.18. The molecule has 7 heteroatoms. The molecule has 1 saturated heterocycles. The summed E-state index contributed by atoms with van der Waals surface area (Å²) in [4.78, 5) is 19.2. The number of hydrogen-bond acceptors (Lipinski definition) is 3. The van der Waals surface area contributed by atoms with Gasteiger partial charge in [-0.3, -0.25) is 4.79 Å². The van der Waals surface area contributed by atoms with E-state index in [1.54, 1.807) is 0 Å². The fourth-order valence-corrected chi connectivity index (χ4v) is 4.24. The first kappa shape index (κ1) is 24.1. The van der Waals surface area contributed by atoms with E-state index >= 15 is 0 Å². The van der Waals surface area contributed by atoms with Gasteiger partial charge in [-0.05, 0) is 37.5 Å². The number of carbonyl (C=O) groups excluding carboxylic acids is 1. The molecule has 0 spiro atoms. The highest BCUT2D eigenvalue weighted by atomic mass is 127. The van der Waals surface area contributed by atoms with Crippen LogP contribution in [0.15, 0.2) is 29.3 Å². The Morgan fingerprint density at radius 3 is 2.70 bits per heavy atom. The zero-order chi connectivity index (χ0) is 18.9. The van der Waals surface area contributed by atoms with E-state index in [9.17, 15) is 4.79 Å². The Hall–Kier alpha value is -0.960. The summed E-state index contributed by atoms with van der Waals surface area (Å²) in [5.41, 5.74) is 1.75. The topological polar surface area (TPSA) is 56.7 Å². The lowest BCUT2D eigenvalue weighted by Gasteiger charge is -2.36. The number of benzene rings is 1. The molecule has 1 aliphatic heterocycles. The summed E-state index contributed by atoms with van der Waals surface area (Å²) in [7, 11) is 0. The van der Waals surface area contributed by atoms with Crippen molar-refractivity contribution in [2.24, 2.45) is 10.9 Å². The summed E-state index contributed by atoms with van der Waals surface area (Å²) < 4.78 is 0. The standard InChI is InChI=1S/C20H32N4OS.HI/c1-5-21-19(25)17-9-7-8-16(12-17)13-23-20(22-6-2)24-10-11-26-18(14-24)15(3)4;/h7-9,12,15,18H,5-6,10-11,13-14H2,1-4H3,(H,21,25)(H,22,23);1H. The van der Waals surface area contributed by atoms with Crippen LogP contribution in [0.4, 0.5) is 0 Å². The predicted octanol–water partition coefficient (Wildman–Crippen LogP) is 3.59. The predicted molar refractivity (Wildman–Crippen MR) is 127 cm³/mol. The number of thioether (sulfide) groups is 1. The molecule has 0 aromatic heterocycles. The average Bonchev–Trinajstić information content (AvgIpc) is 2.65. The van der Waals surface area contributed by atoms with E-state index in [2.05, 4.69) is 48.1 Å². The van der Waals surface area contributed by atoms with Gasteiger partial charge in [0.1, 0.15) is 0 Å². The van der Waals surface area contributed by atoms with Crippen LogP contribution in [-0.2, 0) is 6.54 Å². The molecular weight excluding hydrogens is 471 g/mol. The lowest BCUT2D eigenvalue weighted by atomic mass is 10.1. The molecule has 152 valence electrons. The number of hydrogen-bond donors (Lipinski definition) is 2. The van der Waals surface area contributed by atoms with Gasteiger partial charge in [0, 0.05) is 42.7 Å². The van der Waals surface area contributed by atoms with Gasteiger partial charge in [0.15, 0.2) is 5.96 Å². The minimum Gasteiger partial charge on any atom is -0.357 e. The number of rotatable bonds is 6. The van der Waals surface area contributed by atoms with E-state index in [-0.39, 0.29) is 29.9 Å². The van der Waals surface area contributed by atoms with Crippen LogP contribution in [0, 0.1) is 5.92 Å². The molecule has 0 saturated carbocycles. The lowest BCUT2D eigenvalue weighted by Crippen LogP contribution is -2.49. The second kappa shape index (κ2) is 12.5. The number of carbonyl (C=O) groups is 1. The Labute approximate surface area is 185 Å². The van der Waals surface area contributed by atoms with E-state index in [1.165, 1.54) is 0 Å². The molecule has 0 aliphatic carbocycles. The molecule has 1 aromatic carbocycles. The van der Waals surface area contributed by atoms with Gasteiger partial charge in [-0.1, -0.05) is 26.0 Å². The van der Waals surface area contributed by atoms with Crippen molar-refractivity contribution in [2.45, 2.75) is 39.5 Å². The summed E-state index contributed by atoms with van der Waals surface area (Å²) in [5, 5.41) is 6.92. The minimum atomic E-state index is -0.0296. The van der Waals surface area contributed by atoms with E-state index < -0.39 is 0 Å². The Bertz CT molecular complexity index is 624. The van der Waals surface area contributed by atoms with E-state index in [0.29, 0.717) is 29.8 Å². The third-order valence-electron chi connectivity index (χ3n) is 4.41. The van der Waals surface area contributed by atoms with E-state index in [1.807, 2.05) is 31.2 Å². The Kier molecular flexibility index (Phi) is 11.1. The quantitative estimate of drug-likeness (QED) is 0.353. The third-order valence-corrected chi connectivity index (χ3v) is 5.95. The van der Waals surface area contributed by atoms with Crippen LogP contribution in [0.2, 0.25) is 0 Å². The smallest absolute Gasteiger partial charge is 0.251 e. The normalized spacial score (nSPS) is 17.4. The SMILES string of the molecule is CCNC(=O)c1cccc(CN=C(NCC)N2CCSC(C(C)C)C2)c1.I. The second-order valence-electron chi connectivity index (χ2n) is 6.83. The Morgan fingerprint density at radius 1 is 1.30 bits per heavy atom. The van der Waals surface area contributed by atoms with Gasteiger partial charge in [0.05, 0.1) is 6.54 Å². The summed E-state index contributed by atoms with van der Waals surface area (Å²) in [5.74, 6) is 2.75. The van der Waals surface area contributed by atoms with Gasteiger partial charge in [-0.15, -0.1) is 24.0 Å². The van der Waals surface area contributed by atoms with Gasteiger partial charge in [0.25, 0.3) is 5.91 Å². The lowest BCUT2D eigenvalue weighted by molar-refractivity contribution is 0.0955. The molecule has 5 nitrogen and oxygen atoms in total. The number of nitrogens with zero attached hydrogens (tertiary/aromatic N) is 2. The first-order valence-electron chi connectivity index (χ1n) is 9.57. The average molecular weight is 504 g/mol. The largest absolute Gasteiger partial charge is 0.357 e. The van der Waals surface area contributed by atoms with Crippen molar-refractivity contribution in [3.05, 3.63) is 35.4 Å². The molecule has 1 amide bonds. The number of amides is 1. The maximum absolute atomic E-state index is 12.0. The van der Waals surface area contributed by atoms with Crippen LogP contribution >= 0.6 is 35.7 Å². The van der Waals surface area contributed by atoms with Crippen molar-refractivity contribution in [1.82, 2.24) is 15.5 Å². The summed E-state index contributed by atoms with van der Waals surface area (Å²) in [6, 6.07) is 7.73. The van der Waals surface area contributed by atoms with Gasteiger partial charge in [-0.2, -0.15) is 11.8 Å². The van der Waals surface area contributed by atoms with Crippen LogP contribution < -0.4 is 10.6 Å². The summed E-state index contributed by atoms with van der Waals surface area (Å²) >= 11 is 2.07. The monoisotopic (exact) mass is 504 g/mol. The molecule has 1 atom stereocenters. The fraction of sp³-hybridized carbons (Fsp3) is 0.600. The molecule has 2 rings (SSSR count). The van der Waals surface area contributed by atoms with Crippen molar-refractivity contribution >= 4 is 47.6 Å². The van der Waals surface area contributed by atoms with Crippen molar-refractivity contribution in [3.8, 4) is 0 Å². The maximum atomic E-state index is 12.0. The number of halogens is 1. The number of guanidine groups is 1. The minimum absolute atomic E-state index is 0. The zero-order valence-corrected chi connectivity index (χ0v) is 20.0. The van der Waals surface area contributed by atoms with Crippen LogP contribution in [0.25, 0.3) is 0 Å². The van der Waals surface area contributed by atoms with Crippen molar-refractivity contribution in [1.29, 1.82) is 0 Å². The van der Waals surface area contributed by atoms with Gasteiger partial charge < -0.3 is 15.5 Å². The fourth-order valence-electron chi connectivity index (χ4n) is 2.94. The molecule has 1 heterocycles. The van der Waals surface area contributed by atoms with Gasteiger partial charge in [0.2, 0.25) is 0 Å². The number of nitrogens with one attached hydrogen (secondary N) is 2. The van der Waals surface area contributed by atoms with Crippen LogP contribution in [0.5, 0.6) is 0 Å². The van der Waals surface area contributed by atoms with Gasteiger partial charge >= 0.3 is 0 Å². The van der Waals surface area contributed by atoms with E-state index in [0.717, 1.165) is 36.9 Å². The highest BCUT2D eigenvalue weighted by Gasteiger charge is 2.24. The van der Waals surface area contributed by atoms with Crippen LogP contribution in [0.1, 0.15) is 43.6 Å². The zero-order valence-electron chi connectivity index (χ0n) is 16.8. The molecule has 0 bridgehead atoms.